The molecule has 1 atom stereocenters. The highest BCUT2D eigenvalue weighted by Gasteiger charge is 2.36. The summed E-state index contributed by atoms with van der Waals surface area (Å²) in [5, 5.41) is 19.5. The van der Waals surface area contributed by atoms with E-state index in [9.17, 15) is 14.5 Å². The van der Waals surface area contributed by atoms with Crippen LogP contribution in [0.3, 0.4) is 0 Å². The number of benzene rings is 1. The molecule has 126 valence electrons. The van der Waals surface area contributed by atoms with E-state index in [1.807, 2.05) is 0 Å². The van der Waals surface area contributed by atoms with Gasteiger partial charge in [-0.2, -0.15) is 0 Å². The molecule has 6 nitrogen and oxygen atoms in total. The zero-order chi connectivity index (χ0) is 17.0. The van der Waals surface area contributed by atoms with Gasteiger partial charge in [-0.15, -0.1) is 11.3 Å². The van der Waals surface area contributed by atoms with Crippen molar-refractivity contribution in [3.05, 3.63) is 34.7 Å². The lowest BCUT2D eigenvalue weighted by atomic mass is 10.1. The first-order valence-electron chi connectivity index (χ1n) is 7.21. The molecule has 0 fully saturated rings. The molecule has 1 heterocycles. The molecule has 0 bridgehead atoms. The maximum Gasteiger partial charge on any atom is 0.345 e. The Balaban J connectivity index is 2.46. The van der Waals surface area contributed by atoms with E-state index in [0.29, 0.717) is 5.56 Å². The molecule has 23 heavy (non-hydrogen) atoms. The molecule has 0 aliphatic rings. The lowest BCUT2D eigenvalue weighted by molar-refractivity contribution is 0.0702. The number of carboxylic acids is 1. The third-order valence-electron chi connectivity index (χ3n) is 3.31. The average Bonchev–Trinajstić information content (AvgIpc) is 2.92. The van der Waals surface area contributed by atoms with Gasteiger partial charge in [-0.05, 0) is 43.0 Å². The van der Waals surface area contributed by atoms with Crippen molar-refractivity contribution < 1.29 is 28.6 Å². The van der Waals surface area contributed by atoms with Crippen LogP contribution in [-0.4, -0.2) is 36.0 Å². The van der Waals surface area contributed by atoms with Crippen LogP contribution >= 0.6 is 18.9 Å². The Kier molecular flexibility index (Phi) is 5.95. The highest BCUT2D eigenvalue weighted by atomic mass is 32.1. The first-order chi connectivity index (χ1) is 10.9. The van der Waals surface area contributed by atoms with Gasteiger partial charge in [-0.1, -0.05) is 6.07 Å². The molecule has 2 rings (SSSR count). The third kappa shape index (κ3) is 3.82. The van der Waals surface area contributed by atoms with E-state index >= 15 is 0 Å². The highest BCUT2D eigenvalue weighted by molar-refractivity contribution is 7.54. The summed E-state index contributed by atoms with van der Waals surface area (Å²) in [7, 11) is -3.50. The Morgan fingerprint density at radius 1 is 1.26 bits per heavy atom. The van der Waals surface area contributed by atoms with Gasteiger partial charge in [0.05, 0.1) is 19.8 Å². The van der Waals surface area contributed by atoms with Crippen LogP contribution in [0.1, 0.15) is 34.7 Å². The Bertz CT molecular complexity index is 731. The quantitative estimate of drug-likeness (QED) is 0.695. The van der Waals surface area contributed by atoms with Crippen molar-refractivity contribution in [1.82, 2.24) is 0 Å². The van der Waals surface area contributed by atoms with Gasteiger partial charge in [0.2, 0.25) is 0 Å². The standard InChI is InChI=1S/C15H19O6PS/c1-3-20-22(19,21-4-2)12(9-16)10-5-6-13-11(7-10)8-14(23-13)15(17)18/h5-8,12,16H,3-4,9H2,1-2H3,(H,17,18). The zero-order valence-electron chi connectivity index (χ0n) is 12.9. The second-order valence-corrected chi connectivity index (χ2v) is 8.09. The molecule has 2 N–H and O–H groups in total. The zero-order valence-corrected chi connectivity index (χ0v) is 14.6. The molecular formula is C15H19O6PS. The van der Waals surface area contributed by atoms with Crippen molar-refractivity contribution in [3.8, 4) is 0 Å². The summed E-state index contributed by atoms with van der Waals surface area (Å²) < 4.78 is 24.3. The summed E-state index contributed by atoms with van der Waals surface area (Å²) in [6, 6.07) is 6.76. The van der Waals surface area contributed by atoms with Gasteiger partial charge in [0.1, 0.15) is 10.5 Å². The monoisotopic (exact) mass is 358 g/mol. The molecule has 0 spiro atoms. The van der Waals surface area contributed by atoms with Gasteiger partial charge in [0, 0.05) is 4.70 Å². The number of rotatable bonds is 8. The molecule has 0 aliphatic heterocycles. The van der Waals surface area contributed by atoms with Crippen molar-refractivity contribution in [2.75, 3.05) is 19.8 Å². The van der Waals surface area contributed by atoms with Crippen molar-refractivity contribution in [2.45, 2.75) is 19.5 Å². The lowest BCUT2D eigenvalue weighted by Gasteiger charge is -2.25. The van der Waals surface area contributed by atoms with E-state index in [1.165, 1.54) is 11.3 Å². The minimum atomic E-state index is -3.50. The highest BCUT2D eigenvalue weighted by Crippen LogP contribution is 2.60. The van der Waals surface area contributed by atoms with Gasteiger partial charge in [0.25, 0.3) is 0 Å². The summed E-state index contributed by atoms with van der Waals surface area (Å²) >= 11 is 1.17. The number of aliphatic hydroxyl groups is 1. The maximum atomic E-state index is 12.9. The first kappa shape index (κ1) is 18.1. The van der Waals surface area contributed by atoms with Crippen molar-refractivity contribution in [2.24, 2.45) is 0 Å². The van der Waals surface area contributed by atoms with Crippen LogP contribution in [0.2, 0.25) is 0 Å². The minimum absolute atomic E-state index is 0.206. The Morgan fingerprint density at radius 2 is 1.91 bits per heavy atom. The van der Waals surface area contributed by atoms with Gasteiger partial charge in [-0.25, -0.2) is 4.79 Å². The number of aliphatic hydroxyl groups excluding tert-OH is 1. The van der Waals surface area contributed by atoms with Crippen LogP contribution in [0.25, 0.3) is 10.1 Å². The van der Waals surface area contributed by atoms with Crippen LogP contribution in [0, 0.1) is 0 Å². The van der Waals surface area contributed by atoms with Crippen LogP contribution in [0.5, 0.6) is 0 Å². The fourth-order valence-electron chi connectivity index (χ4n) is 2.34. The van der Waals surface area contributed by atoms with Gasteiger partial charge in [0.15, 0.2) is 0 Å². The first-order valence-corrected chi connectivity index (χ1v) is 9.64. The van der Waals surface area contributed by atoms with E-state index in [4.69, 9.17) is 14.2 Å². The summed E-state index contributed by atoms with van der Waals surface area (Å²) in [4.78, 5) is 11.3. The molecule has 2 aromatic rings. The smallest absolute Gasteiger partial charge is 0.345 e. The molecule has 0 radical (unpaired) electrons. The molecule has 1 aromatic carbocycles. The summed E-state index contributed by atoms with van der Waals surface area (Å²) in [6.07, 6.45) is 0. The molecule has 1 unspecified atom stereocenters. The van der Waals surface area contributed by atoms with Crippen LogP contribution in [0.4, 0.5) is 0 Å². The second kappa shape index (κ2) is 7.55. The third-order valence-corrected chi connectivity index (χ3v) is 6.87. The average molecular weight is 358 g/mol. The van der Waals surface area contributed by atoms with Crippen molar-refractivity contribution in [1.29, 1.82) is 0 Å². The van der Waals surface area contributed by atoms with E-state index in [1.54, 1.807) is 38.1 Å². The fourth-order valence-corrected chi connectivity index (χ4v) is 5.10. The Morgan fingerprint density at radius 3 is 2.43 bits per heavy atom. The largest absolute Gasteiger partial charge is 0.477 e. The predicted molar refractivity (Wildman–Crippen MR) is 89.5 cm³/mol. The topological polar surface area (TPSA) is 93.1 Å². The molecule has 0 saturated carbocycles. The Hall–Kier alpha value is -1.24. The predicted octanol–water partition coefficient (Wildman–Crippen LogP) is 3.90. The van der Waals surface area contributed by atoms with Crippen molar-refractivity contribution >= 4 is 35.0 Å². The second-order valence-electron chi connectivity index (χ2n) is 4.79. The van der Waals surface area contributed by atoms with E-state index in [-0.39, 0.29) is 18.1 Å². The number of hydrogen-bond donors (Lipinski definition) is 2. The summed E-state index contributed by atoms with van der Waals surface area (Å²) in [5.41, 5.74) is -0.208. The normalized spacial score (nSPS) is 13.3. The maximum absolute atomic E-state index is 12.9. The number of hydrogen-bond acceptors (Lipinski definition) is 6. The molecule has 1 aromatic heterocycles. The van der Waals surface area contributed by atoms with E-state index < -0.39 is 25.8 Å². The summed E-state index contributed by atoms with van der Waals surface area (Å²) in [5.74, 6) is -0.985. The molecular weight excluding hydrogens is 339 g/mol. The van der Waals surface area contributed by atoms with E-state index in [0.717, 1.165) is 10.1 Å². The number of carboxylic acid groups (broad SMARTS) is 1. The lowest BCUT2D eigenvalue weighted by Crippen LogP contribution is -2.10. The van der Waals surface area contributed by atoms with Gasteiger partial charge >= 0.3 is 13.6 Å². The number of aromatic carboxylic acids is 1. The summed E-state index contributed by atoms with van der Waals surface area (Å²) in [6.45, 7) is 3.44. The van der Waals surface area contributed by atoms with Crippen LogP contribution in [-0.2, 0) is 13.6 Å². The molecule has 8 heteroatoms. The van der Waals surface area contributed by atoms with Crippen LogP contribution < -0.4 is 0 Å². The van der Waals surface area contributed by atoms with Gasteiger partial charge in [-0.3, -0.25) is 4.57 Å². The SMILES string of the molecule is CCOP(=O)(OCC)C(CO)c1ccc2sc(C(=O)O)cc2c1. The van der Waals surface area contributed by atoms with Crippen LogP contribution in [0.15, 0.2) is 24.3 Å². The Labute approximate surface area is 138 Å². The van der Waals surface area contributed by atoms with Gasteiger partial charge < -0.3 is 19.3 Å². The van der Waals surface area contributed by atoms with E-state index in [2.05, 4.69) is 0 Å². The number of carbonyl (C=O) groups is 1. The minimum Gasteiger partial charge on any atom is -0.477 e. The number of thiophene rings is 1. The number of fused-ring (bicyclic) bond motifs is 1. The molecule has 0 amide bonds. The van der Waals surface area contributed by atoms with Crippen molar-refractivity contribution in [3.63, 3.8) is 0 Å². The molecule has 0 saturated heterocycles. The fraction of sp³-hybridized carbons (Fsp3) is 0.400. The molecule has 0 aliphatic carbocycles.